The van der Waals surface area contributed by atoms with Gasteiger partial charge < -0.3 is 5.32 Å². The van der Waals surface area contributed by atoms with E-state index in [1.165, 1.54) is 12.3 Å². The van der Waals surface area contributed by atoms with Crippen molar-refractivity contribution in [1.82, 2.24) is 4.98 Å². The Balaban J connectivity index is 1.73. The number of benzene rings is 2. The molecule has 0 atom stereocenters. The second-order valence-electron chi connectivity index (χ2n) is 5.64. The number of para-hydroxylation sites is 1. The predicted molar refractivity (Wildman–Crippen MR) is 101 cm³/mol. The quantitative estimate of drug-likeness (QED) is 0.677. The van der Waals surface area contributed by atoms with Crippen molar-refractivity contribution in [2.75, 3.05) is 10.0 Å². The average Bonchev–Trinajstić information content (AvgIpc) is 2.65. The maximum atomic E-state index is 13.6. The highest BCUT2D eigenvalue weighted by molar-refractivity contribution is 7.92. The largest absolute Gasteiger partial charge is 0.338 e. The lowest BCUT2D eigenvalue weighted by atomic mass is 10.2. The van der Waals surface area contributed by atoms with Crippen molar-refractivity contribution >= 4 is 27.2 Å². The van der Waals surface area contributed by atoms with Crippen LogP contribution in [0, 0.1) is 5.82 Å². The first-order valence-corrected chi connectivity index (χ1v) is 9.55. The Morgan fingerprint density at radius 1 is 1.00 bits per heavy atom. The molecule has 0 unspecified atom stereocenters. The van der Waals surface area contributed by atoms with Crippen molar-refractivity contribution in [3.63, 3.8) is 0 Å². The van der Waals surface area contributed by atoms with Crippen LogP contribution in [0.3, 0.4) is 0 Å². The van der Waals surface area contributed by atoms with Crippen LogP contribution in [0.4, 0.5) is 21.6 Å². The molecule has 7 heteroatoms. The zero-order valence-electron chi connectivity index (χ0n) is 14.1. The normalized spacial score (nSPS) is 11.2. The fourth-order valence-corrected chi connectivity index (χ4v) is 3.39. The molecule has 5 nitrogen and oxygen atoms in total. The molecule has 3 aromatic rings. The minimum atomic E-state index is -3.69. The van der Waals surface area contributed by atoms with Crippen molar-refractivity contribution in [1.29, 1.82) is 0 Å². The summed E-state index contributed by atoms with van der Waals surface area (Å²) in [5, 5.41) is 2.84. The van der Waals surface area contributed by atoms with Crippen LogP contribution in [-0.4, -0.2) is 13.4 Å². The molecule has 0 saturated carbocycles. The Morgan fingerprint density at radius 3 is 2.35 bits per heavy atom. The molecule has 134 valence electrons. The van der Waals surface area contributed by atoms with Crippen molar-refractivity contribution in [3.8, 4) is 0 Å². The lowest BCUT2D eigenvalue weighted by molar-refractivity contribution is 0.601. The number of halogens is 1. The fraction of sp³-hybridized carbons (Fsp3) is 0.105. The second-order valence-corrected chi connectivity index (χ2v) is 7.32. The third-order valence-electron chi connectivity index (χ3n) is 3.79. The lowest BCUT2D eigenvalue weighted by Crippen LogP contribution is -2.13. The van der Waals surface area contributed by atoms with E-state index < -0.39 is 15.8 Å². The monoisotopic (exact) mass is 371 g/mol. The molecule has 1 heterocycles. The Hall–Kier alpha value is -2.93. The maximum Gasteiger partial charge on any atom is 0.261 e. The first-order valence-electron chi connectivity index (χ1n) is 8.07. The van der Waals surface area contributed by atoms with Crippen LogP contribution in [0.15, 0.2) is 71.8 Å². The zero-order chi connectivity index (χ0) is 18.6. The minimum Gasteiger partial charge on any atom is -0.338 e. The van der Waals surface area contributed by atoms with Gasteiger partial charge in [-0.3, -0.25) is 4.72 Å². The van der Waals surface area contributed by atoms with E-state index in [9.17, 15) is 12.8 Å². The van der Waals surface area contributed by atoms with Gasteiger partial charge in [-0.2, -0.15) is 0 Å². The SMILES string of the molecule is CCc1ccc(S(=O)(=O)Nc2ccc(Nc3ccccc3F)nc2)cc1. The molecule has 0 aliphatic heterocycles. The molecule has 0 fully saturated rings. The number of pyridine rings is 1. The van der Waals surface area contributed by atoms with E-state index in [-0.39, 0.29) is 4.90 Å². The summed E-state index contributed by atoms with van der Waals surface area (Å²) >= 11 is 0. The summed E-state index contributed by atoms with van der Waals surface area (Å²) in [4.78, 5) is 4.30. The third kappa shape index (κ3) is 4.18. The number of anilines is 3. The average molecular weight is 371 g/mol. The molecule has 0 bridgehead atoms. The fourth-order valence-electron chi connectivity index (χ4n) is 2.35. The van der Waals surface area contributed by atoms with Gasteiger partial charge in [0, 0.05) is 0 Å². The van der Waals surface area contributed by atoms with Gasteiger partial charge in [0.1, 0.15) is 11.6 Å². The van der Waals surface area contributed by atoms with Crippen molar-refractivity contribution in [2.24, 2.45) is 0 Å². The van der Waals surface area contributed by atoms with Crippen LogP contribution in [0.1, 0.15) is 12.5 Å². The van der Waals surface area contributed by atoms with Gasteiger partial charge in [0.25, 0.3) is 10.0 Å². The van der Waals surface area contributed by atoms with E-state index in [0.717, 1.165) is 12.0 Å². The van der Waals surface area contributed by atoms with Crippen LogP contribution in [0.25, 0.3) is 0 Å². The standard InChI is InChI=1S/C19H18FN3O2S/c1-2-14-7-10-16(11-8-14)26(24,25)23-15-9-12-19(21-13-15)22-18-6-4-3-5-17(18)20/h3-13,23H,2H2,1H3,(H,21,22). The molecule has 2 aromatic carbocycles. The summed E-state index contributed by atoms with van der Waals surface area (Å²) in [6, 6.07) is 16.1. The van der Waals surface area contributed by atoms with Crippen LogP contribution in [0.2, 0.25) is 0 Å². The molecule has 3 rings (SSSR count). The maximum absolute atomic E-state index is 13.6. The highest BCUT2D eigenvalue weighted by atomic mass is 32.2. The number of hydrogen-bond donors (Lipinski definition) is 2. The van der Waals surface area contributed by atoms with E-state index in [0.29, 0.717) is 17.2 Å². The van der Waals surface area contributed by atoms with Crippen LogP contribution in [0.5, 0.6) is 0 Å². The van der Waals surface area contributed by atoms with Gasteiger partial charge in [0.15, 0.2) is 0 Å². The molecular formula is C19H18FN3O2S. The summed E-state index contributed by atoms with van der Waals surface area (Å²) < 4.78 is 41.0. The number of nitrogens with one attached hydrogen (secondary N) is 2. The van der Waals surface area contributed by atoms with Crippen LogP contribution in [-0.2, 0) is 16.4 Å². The van der Waals surface area contributed by atoms with E-state index in [4.69, 9.17) is 0 Å². The van der Waals surface area contributed by atoms with Gasteiger partial charge in [-0.15, -0.1) is 0 Å². The molecule has 26 heavy (non-hydrogen) atoms. The Kier molecular flexibility index (Phi) is 5.18. The number of rotatable bonds is 6. The lowest BCUT2D eigenvalue weighted by Gasteiger charge is -2.10. The first-order chi connectivity index (χ1) is 12.5. The predicted octanol–water partition coefficient (Wildman–Crippen LogP) is 4.33. The van der Waals surface area contributed by atoms with Crippen molar-refractivity contribution in [2.45, 2.75) is 18.2 Å². The molecular weight excluding hydrogens is 353 g/mol. The highest BCUT2D eigenvalue weighted by Gasteiger charge is 2.14. The minimum absolute atomic E-state index is 0.184. The second kappa shape index (κ2) is 7.53. The van der Waals surface area contributed by atoms with Gasteiger partial charge in [-0.05, 0) is 48.4 Å². The summed E-state index contributed by atoms with van der Waals surface area (Å²) in [5.41, 5.74) is 1.68. The van der Waals surface area contributed by atoms with E-state index in [1.54, 1.807) is 54.6 Å². The van der Waals surface area contributed by atoms with Crippen LogP contribution >= 0.6 is 0 Å². The summed E-state index contributed by atoms with van der Waals surface area (Å²) in [6.07, 6.45) is 2.22. The summed E-state index contributed by atoms with van der Waals surface area (Å²) in [5.74, 6) is 0.0138. The van der Waals surface area contributed by atoms with Crippen LogP contribution < -0.4 is 10.0 Å². The van der Waals surface area contributed by atoms with Crippen molar-refractivity contribution in [3.05, 3.63) is 78.2 Å². The summed E-state index contributed by atoms with van der Waals surface area (Å²) in [6.45, 7) is 2.00. The van der Waals surface area contributed by atoms with E-state index in [2.05, 4.69) is 15.0 Å². The Bertz CT molecular complexity index is 988. The molecule has 0 saturated heterocycles. The van der Waals surface area contributed by atoms with Gasteiger partial charge in [0.05, 0.1) is 22.5 Å². The Labute approximate surface area is 152 Å². The van der Waals surface area contributed by atoms with Gasteiger partial charge in [0.2, 0.25) is 0 Å². The van der Waals surface area contributed by atoms with Gasteiger partial charge >= 0.3 is 0 Å². The molecule has 2 N–H and O–H groups in total. The number of sulfonamides is 1. The molecule has 0 spiro atoms. The van der Waals surface area contributed by atoms with E-state index >= 15 is 0 Å². The smallest absolute Gasteiger partial charge is 0.261 e. The molecule has 0 radical (unpaired) electrons. The molecule has 0 aliphatic carbocycles. The van der Waals surface area contributed by atoms with Gasteiger partial charge in [-0.25, -0.2) is 17.8 Å². The summed E-state index contributed by atoms with van der Waals surface area (Å²) in [7, 11) is -3.69. The van der Waals surface area contributed by atoms with Crippen molar-refractivity contribution < 1.29 is 12.8 Å². The topological polar surface area (TPSA) is 71.1 Å². The Morgan fingerprint density at radius 2 is 1.73 bits per heavy atom. The van der Waals surface area contributed by atoms with Gasteiger partial charge in [-0.1, -0.05) is 31.2 Å². The molecule has 1 aromatic heterocycles. The van der Waals surface area contributed by atoms with E-state index in [1.807, 2.05) is 6.92 Å². The number of nitrogens with zero attached hydrogens (tertiary/aromatic N) is 1. The zero-order valence-corrected chi connectivity index (χ0v) is 14.9. The number of aromatic nitrogens is 1. The number of hydrogen-bond acceptors (Lipinski definition) is 4. The number of aryl methyl sites for hydroxylation is 1. The highest BCUT2D eigenvalue weighted by Crippen LogP contribution is 2.20. The molecule has 0 amide bonds. The third-order valence-corrected chi connectivity index (χ3v) is 5.19. The first kappa shape index (κ1) is 17.9. The molecule has 0 aliphatic rings.